The molecule has 0 saturated carbocycles. The number of hydrogen-bond acceptors (Lipinski definition) is 4. The van der Waals surface area contributed by atoms with Crippen LogP contribution in [-0.4, -0.2) is 21.9 Å². The van der Waals surface area contributed by atoms with Gasteiger partial charge in [-0.15, -0.1) is 0 Å². The van der Waals surface area contributed by atoms with E-state index >= 15 is 0 Å². The Balaban J connectivity index is 2.07. The van der Waals surface area contributed by atoms with Crippen molar-refractivity contribution in [1.29, 1.82) is 0 Å². The molecule has 0 unspecified atom stereocenters. The van der Waals surface area contributed by atoms with Gasteiger partial charge in [-0.2, -0.15) is 0 Å². The number of rotatable bonds is 3. The largest absolute Gasteiger partial charge is 0.327 e. The molecule has 0 atom stereocenters. The van der Waals surface area contributed by atoms with E-state index in [0.29, 0.717) is 17.8 Å². The number of benzene rings is 1. The first-order valence-electron chi connectivity index (χ1n) is 7.00. The van der Waals surface area contributed by atoms with Gasteiger partial charge in [0.25, 0.3) is 5.91 Å². The number of urea groups is 1. The van der Waals surface area contributed by atoms with Gasteiger partial charge in [0.15, 0.2) is 5.82 Å². The molecule has 0 saturated heterocycles. The highest BCUT2D eigenvalue weighted by Gasteiger charge is 2.15. The molecule has 0 radical (unpaired) electrons. The van der Waals surface area contributed by atoms with E-state index in [-0.39, 0.29) is 0 Å². The molecule has 0 spiro atoms. The highest BCUT2D eigenvalue weighted by molar-refractivity contribution is 6.09. The van der Waals surface area contributed by atoms with E-state index in [1.165, 1.54) is 6.20 Å². The van der Waals surface area contributed by atoms with Crippen LogP contribution in [0.2, 0.25) is 0 Å². The van der Waals surface area contributed by atoms with Gasteiger partial charge in [0, 0.05) is 11.8 Å². The van der Waals surface area contributed by atoms with Crippen molar-refractivity contribution in [1.82, 2.24) is 15.3 Å². The van der Waals surface area contributed by atoms with E-state index < -0.39 is 11.9 Å². The van der Waals surface area contributed by atoms with Gasteiger partial charge in [0.1, 0.15) is 0 Å². The first kappa shape index (κ1) is 15.6. The summed E-state index contributed by atoms with van der Waals surface area (Å²) in [5, 5.41) is 4.82. The van der Waals surface area contributed by atoms with Gasteiger partial charge in [-0.25, -0.2) is 9.78 Å². The van der Waals surface area contributed by atoms with Crippen LogP contribution in [0.15, 0.2) is 30.6 Å². The second-order valence-electron chi connectivity index (χ2n) is 4.92. The van der Waals surface area contributed by atoms with Crippen LogP contribution in [0, 0.1) is 13.8 Å². The average Bonchev–Trinajstić information content (AvgIpc) is 2.47. The molecule has 1 heterocycles. The third-order valence-electron chi connectivity index (χ3n) is 3.22. The molecule has 0 aliphatic rings. The number of aryl methyl sites for hydroxylation is 3. The lowest BCUT2D eigenvalue weighted by Gasteiger charge is -2.10. The molecule has 0 aliphatic carbocycles. The molecule has 2 N–H and O–H groups in total. The van der Waals surface area contributed by atoms with Gasteiger partial charge >= 0.3 is 6.03 Å². The third kappa shape index (κ3) is 3.66. The topological polar surface area (TPSA) is 84.0 Å². The average molecular weight is 298 g/mol. The molecular formula is C16H18N4O2. The Hall–Kier alpha value is -2.76. The van der Waals surface area contributed by atoms with Crippen molar-refractivity contribution < 1.29 is 9.59 Å². The molecule has 22 heavy (non-hydrogen) atoms. The van der Waals surface area contributed by atoms with Gasteiger partial charge < -0.3 is 0 Å². The summed E-state index contributed by atoms with van der Waals surface area (Å²) in [4.78, 5) is 32.3. The second kappa shape index (κ2) is 6.80. The normalized spacial score (nSPS) is 10.1. The summed E-state index contributed by atoms with van der Waals surface area (Å²) < 4.78 is 0. The smallest absolute Gasteiger partial charge is 0.291 e. The Kier molecular flexibility index (Phi) is 4.83. The Morgan fingerprint density at radius 3 is 2.45 bits per heavy atom. The molecule has 6 nitrogen and oxygen atoms in total. The van der Waals surface area contributed by atoms with E-state index in [1.807, 2.05) is 39.0 Å². The Morgan fingerprint density at radius 2 is 1.82 bits per heavy atom. The minimum atomic E-state index is -0.629. The molecule has 0 bridgehead atoms. The van der Waals surface area contributed by atoms with E-state index in [2.05, 4.69) is 20.6 Å². The van der Waals surface area contributed by atoms with Crippen LogP contribution in [0.4, 0.5) is 10.6 Å². The third-order valence-corrected chi connectivity index (χ3v) is 3.22. The number of amides is 3. The lowest BCUT2D eigenvalue weighted by molar-refractivity contribution is 0.0966. The van der Waals surface area contributed by atoms with Crippen LogP contribution in [0.3, 0.4) is 0 Å². The highest BCUT2D eigenvalue weighted by atomic mass is 16.2. The summed E-state index contributed by atoms with van der Waals surface area (Å²) in [6.45, 7) is 5.60. The molecular weight excluding hydrogens is 280 g/mol. The van der Waals surface area contributed by atoms with Gasteiger partial charge in [-0.1, -0.05) is 25.1 Å². The molecule has 114 valence electrons. The van der Waals surface area contributed by atoms with Crippen molar-refractivity contribution in [2.75, 3.05) is 5.32 Å². The quantitative estimate of drug-likeness (QED) is 0.912. The molecule has 2 rings (SSSR count). The highest BCUT2D eigenvalue weighted by Crippen LogP contribution is 2.13. The van der Waals surface area contributed by atoms with Crippen LogP contribution in [0.1, 0.15) is 34.1 Å². The SMILES string of the molecule is CCc1cncc(NC(=O)NC(=O)c2c(C)cccc2C)n1. The summed E-state index contributed by atoms with van der Waals surface area (Å²) in [7, 11) is 0. The predicted octanol–water partition coefficient (Wildman–Crippen LogP) is 2.62. The molecule has 2 aromatic rings. The molecule has 0 aliphatic heterocycles. The monoisotopic (exact) mass is 298 g/mol. The predicted molar refractivity (Wildman–Crippen MR) is 83.8 cm³/mol. The fourth-order valence-corrected chi connectivity index (χ4v) is 2.12. The van der Waals surface area contributed by atoms with Crippen molar-refractivity contribution >= 4 is 17.8 Å². The summed E-state index contributed by atoms with van der Waals surface area (Å²) >= 11 is 0. The number of nitrogens with one attached hydrogen (secondary N) is 2. The number of aromatic nitrogens is 2. The van der Waals surface area contributed by atoms with Crippen molar-refractivity contribution in [2.45, 2.75) is 27.2 Å². The number of carbonyl (C=O) groups is 2. The fraction of sp³-hybridized carbons (Fsp3) is 0.250. The number of imide groups is 1. The Bertz CT molecular complexity index is 693. The summed E-state index contributed by atoms with van der Waals surface area (Å²) in [5.74, 6) is -0.126. The molecule has 1 aromatic carbocycles. The number of nitrogens with zero attached hydrogens (tertiary/aromatic N) is 2. The van der Waals surface area contributed by atoms with Crippen molar-refractivity contribution in [3.63, 3.8) is 0 Å². The van der Waals surface area contributed by atoms with Crippen LogP contribution in [0.25, 0.3) is 0 Å². The van der Waals surface area contributed by atoms with Crippen LogP contribution in [-0.2, 0) is 6.42 Å². The van der Waals surface area contributed by atoms with Gasteiger partial charge in [-0.3, -0.25) is 20.4 Å². The molecule has 1 aromatic heterocycles. The van der Waals surface area contributed by atoms with Gasteiger partial charge in [-0.05, 0) is 31.4 Å². The van der Waals surface area contributed by atoms with Crippen molar-refractivity contribution in [2.24, 2.45) is 0 Å². The van der Waals surface area contributed by atoms with E-state index in [1.54, 1.807) is 6.20 Å². The van der Waals surface area contributed by atoms with Crippen LogP contribution < -0.4 is 10.6 Å². The maximum Gasteiger partial charge on any atom is 0.327 e. The molecule has 0 fully saturated rings. The Morgan fingerprint density at radius 1 is 1.14 bits per heavy atom. The lowest BCUT2D eigenvalue weighted by atomic mass is 10.0. The minimum Gasteiger partial charge on any atom is -0.291 e. The van der Waals surface area contributed by atoms with Gasteiger partial charge in [0.05, 0.1) is 11.9 Å². The number of carbonyl (C=O) groups excluding carboxylic acids is 2. The van der Waals surface area contributed by atoms with Crippen LogP contribution >= 0.6 is 0 Å². The maximum atomic E-state index is 12.2. The van der Waals surface area contributed by atoms with E-state index in [0.717, 1.165) is 16.8 Å². The van der Waals surface area contributed by atoms with Crippen molar-refractivity contribution in [3.8, 4) is 0 Å². The zero-order valence-electron chi connectivity index (χ0n) is 12.8. The standard InChI is InChI=1S/C16H18N4O2/c1-4-12-8-17-9-13(18-12)19-16(22)20-15(21)14-10(2)6-5-7-11(14)3/h5-9H,4H2,1-3H3,(H2,18,19,20,21,22). The second-order valence-corrected chi connectivity index (χ2v) is 4.92. The van der Waals surface area contributed by atoms with E-state index in [9.17, 15) is 9.59 Å². The lowest BCUT2D eigenvalue weighted by Crippen LogP contribution is -2.35. The zero-order chi connectivity index (χ0) is 16.1. The summed E-state index contributed by atoms with van der Waals surface area (Å²) in [5.41, 5.74) is 2.90. The number of hydrogen-bond donors (Lipinski definition) is 2. The van der Waals surface area contributed by atoms with E-state index in [4.69, 9.17) is 0 Å². The summed E-state index contributed by atoms with van der Waals surface area (Å²) in [6.07, 6.45) is 3.78. The van der Waals surface area contributed by atoms with Crippen LogP contribution in [0.5, 0.6) is 0 Å². The fourth-order valence-electron chi connectivity index (χ4n) is 2.12. The number of anilines is 1. The van der Waals surface area contributed by atoms with Gasteiger partial charge in [0.2, 0.25) is 0 Å². The van der Waals surface area contributed by atoms with Crippen molar-refractivity contribution in [3.05, 3.63) is 53.0 Å². The summed E-state index contributed by atoms with van der Waals surface area (Å²) in [6, 6.07) is 4.90. The first-order chi connectivity index (χ1) is 10.5. The molecule has 3 amide bonds. The maximum absolute atomic E-state index is 12.2. The first-order valence-corrected chi connectivity index (χ1v) is 7.00. The zero-order valence-corrected chi connectivity index (χ0v) is 12.8. The minimum absolute atomic E-state index is 0.311. The Labute approximate surface area is 129 Å². The molecule has 6 heteroatoms.